The molecule has 1 saturated carbocycles. The van der Waals surface area contributed by atoms with Crippen LogP contribution in [0.3, 0.4) is 0 Å². The van der Waals surface area contributed by atoms with Crippen LogP contribution in [0.2, 0.25) is 0 Å². The van der Waals surface area contributed by atoms with E-state index >= 15 is 0 Å². The summed E-state index contributed by atoms with van der Waals surface area (Å²) in [7, 11) is 0. The Kier molecular flexibility index (Phi) is 3.69. The van der Waals surface area contributed by atoms with Gasteiger partial charge in [-0.15, -0.1) is 0 Å². The molecular formula is C13H22N2O2. The fraction of sp³-hybridized carbons (Fsp3) is 0.846. The first-order valence-corrected chi connectivity index (χ1v) is 6.67. The number of amides is 2. The fourth-order valence-electron chi connectivity index (χ4n) is 2.36. The molecule has 2 fully saturated rings. The molecule has 0 spiro atoms. The van der Waals surface area contributed by atoms with Crippen molar-refractivity contribution in [1.82, 2.24) is 10.2 Å². The van der Waals surface area contributed by atoms with E-state index in [0.717, 1.165) is 25.8 Å². The zero-order chi connectivity index (χ0) is 12.4. The molecule has 1 saturated heterocycles. The number of carbonyl (C=O) groups is 2. The molecule has 0 unspecified atom stereocenters. The molecule has 0 aromatic heterocycles. The smallest absolute Gasteiger partial charge is 0.225 e. The Bertz CT molecular complexity index is 311. The molecule has 2 aliphatic rings. The maximum atomic E-state index is 12.0. The van der Waals surface area contributed by atoms with Crippen molar-refractivity contribution >= 4 is 11.8 Å². The van der Waals surface area contributed by atoms with Crippen molar-refractivity contribution in [2.75, 3.05) is 13.1 Å². The lowest BCUT2D eigenvalue weighted by Gasteiger charge is -2.29. The van der Waals surface area contributed by atoms with E-state index in [-0.39, 0.29) is 23.8 Å². The minimum atomic E-state index is 0.0198. The molecule has 1 atom stereocenters. The van der Waals surface area contributed by atoms with Crippen LogP contribution < -0.4 is 5.32 Å². The van der Waals surface area contributed by atoms with Crippen LogP contribution in [0.25, 0.3) is 0 Å². The van der Waals surface area contributed by atoms with Crippen molar-refractivity contribution in [2.45, 2.75) is 45.6 Å². The number of hydrogen-bond acceptors (Lipinski definition) is 2. The summed E-state index contributed by atoms with van der Waals surface area (Å²) < 4.78 is 0. The molecular weight excluding hydrogens is 216 g/mol. The van der Waals surface area contributed by atoms with Crippen LogP contribution in [-0.2, 0) is 9.59 Å². The Morgan fingerprint density at radius 3 is 2.47 bits per heavy atom. The van der Waals surface area contributed by atoms with Gasteiger partial charge in [0.05, 0.1) is 0 Å². The highest BCUT2D eigenvalue weighted by molar-refractivity contribution is 5.81. The summed E-state index contributed by atoms with van der Waals surface area (Å²) in [6.45, 7) is 5.29. The van der Waals surface area contributed by atoms with E-state index in [0.29, 0.717) is 12.5 Å². The van der Waals surface area contributed by atoms with E-state index in [9.17, 15) is 9.59 Å². The van der Waals surface area contributed by atoms with Crippen LogP contribution in [0.15, 0.2) is 0 Å². The summed E-state index contributed by atoms with van der Waals surface area (Å²) >= 11 is 0. The standard InChI is InChI=1S/C13H22N2O2/c1-9(2)12(16)14-11-6-7-15(8-11)13(17)10-4-3-5-10/h9-11H,3-8H2,1-2H3,(H,14,16)/t11-/m0/s1. The van der Waals surface area contributed by atoms with Crippen molar-refractivity contribution < 1.29 is 9.59 Å². The van der Waals surface area contributed by atoms with Crippen molar-refractivity contribution in [3.05, 3.63) is 0 Å². The van der Waals surface area contributed by atoms with E-state index in [4.69, 9.17) is 0 Å². The predicted octanol–water partition coefficient (Wildman–Crippen LogP) is 1.16. The molecule has 1 aliphatic heterocycles. The first kappa shape index (κ1) is 12.4. The van der Waals surface area contributed by atoms with Crippen molar-refractivity contribution in [3.8, 4) is 0 Å². The van der Waals surface area contributed by atoms with Gasteiger partial charge in [-0.3, -0.25) is 9.59 Å². The highest BCUT2D eigenvalue weighted by Crippen LogP contribution is 2.29. The number of hydrogen-bond donors (Lipinski definition) is 1. The Labute approximate surface area is 103 Å². The van der Waals surface area contributed by atoms with Crippen molar-refractivity contribution in [3.63, 3.8) is 0 Å². The number of nitrogens with zero attached hydrogens (tertiary/aromatic N) is 1. The molecule has 4 heteroatoms. The van der Waals surface area contributed by atoms with E-state index in [1.807, 2.05) is 18.7 Å². The maximum Gasteiger partial charge on any atom is 0.225 e. The van der Waals surface area contributed by atoms with Gasteiger partial charge >= 0.3 is 0 Å². The number of nitrogens with one attached hydrogen (secondary N) is 1. The zero-order valence-electron chi connectivity index (χ0n) is 10.7. The third-order valence-electron chi connectivity index (χ3n) is 3.83. The van der Waals surface area contributed by atoms with Crippen LogP contribution in [-0.4, -0.2) is 35.8 Å². The molecule has 96 valence electrons. The summed E-state index contributed by atoms with van der Waals surface area (Å²) in [6.07, 6.45) is 4.20. The third-order valence-corrected chi connectivity index (χ3v) is 3.83. The Morgan fingerprint density at radius 1 is 1.24 bits per heavy atom. The quantitative estimate of drug-likeness (QED) is 0.802. The first-order valence-electron chi connectivity index (χ1n) is 6.67. The molecule has 0 radical (unpaired) electrons. The molecule has 4 nitrogen and oxygen atoms in total. The Hall–Kier alpha value is -1.06. The largest absolute Gasteiger partial charge is 0.351 e. The molecule has 2 rings (SSSR count). The number of rotatable bonds is 3. The van der Waals surface area contributed by atoms with Gasteiger partial charge in [0, 0.05) is 31.0 Å². The summed E-state index contributed by atoms with van der Waals surface area (Å²) in [6, 6.07) is 0.161. The topological polar surface area (TPSA) is 49.4 Å². The van der Waals surface area contributed by atoms with Gasteiger partial charge in [0.25, 0.3) is 0 Å². The normalized spacial score (nSPS) is 24.9. The molecule has 1 N–H and O–H groups in total. The van der Waals surface area contributed by atoms with E-state index in [2.05, 4.69) is 5.32 Å². The lowest BCUT2D eigenvalue weighted by Crippen LogP contribution is -2.42. The van der Waals surface area contributed by atoms with Gasteiger partial charge in [0.2, 0.25) is 11.8 Å². The lowest BCUT2D eigenvalue weighted by molar-refractivity contribution is -0.137. The molecule has 17 heavy (non-hydrogen) atoms. The van der Waals surface area contributed by atoms with Gasteiger partial charge in [0.1, 0.15) is 0 Å². The summed E-state index contributed by atoms with van der Waals surface area (Å²) in [5, 5.41) is 3.01. The Balaban J connectivity index is 1.78. The summed E-state index contributed by atoms with van der Waals surface area (Å²) in [5.74, 6) is 0.687. The third kappa shape index (κ3) is 2.79. The lowest BCUT2D eigenvalue weighted by atomic mass is 9.84. The summed E-state index contributed by atoms with van der Waals surface area (Å²) in [5.41, 5.74) is 0. The van der Waals surface area contributed by atoms with Gasteiger partial charge in [0.15, 0.2) is 0 Å². The van der Waals surface area contributed by atoms with E-state index in [1.165, 1.54) is 6.42 Å². The van der Waals surface area contributed by atoms with Gasteiger partial charge in [-0.1, -0.05) is 20.3 Å². The molecule has 1 heterocycles. The second-order valence-electron chi connectivity index (χ2n) is 5.56. The minimum Gasteiger partial charge on any atom is -0.351 e. The van der Waals surface area contributed by atoms with Gasteiger partial charge < -0.3 is 10.2 Å². The van der Waals surface area contributed by atoms with E-state index in [1.54, 1.807) is 0 Å². The average Bonchev–Trinajstić information content (AvgIpc) is 2.63. The Morgan fingerprint density at radius 2 is 1.94 bits per heavy atom. The molecule has 2 amide bonds. The highest BCUT2D eigenvalue weighted by Gasteiger charge is 2.34. The molecule has 0 aromatic carbocycles. The van der Waals surface area contributed by atoms with Gasteiger partial charge in [-0.25, -0.2) is 0 Å². The van der Waals surface area contributed by atoms with Gasteiger partial charge in [-0.2, -0.15) is 0 Å². The van der Waals surface area contributed by atoms with Crippen LogP contribution in [0.1, 0.15) is 39.5 Å². The van der Waals surface area contributed by atoms with Crippen LogP contribution in [0.4, 0.5) is 0 Å². The molecule has 0 aromatic rings. The predicted molar refractivity (Wildman–Crippen MR) is 65.3 cm³/mol. The minimum absolute atomic E-state index is 0.0198. The zero-order valence-corrected chi connectivity index (χ0v) is 10.7. The average molecular weight is 238 g/mol. The van der Waals surface area contributed by atoms with Crippen molar-refractivity contribution in [1.29, 1.82) is 0 Å². The second-order valence-corrected chi connectivity index (χ2v) is 5.56. The van der Waals surface area contributed by atoms with Crippen LogP contribution >= 0.6 is 0 Å². The monoisotopic (exact) mass is 238 g/mol. The second kappa shape index (κ2) is 5.07. The number of carbonyl (C=O) groups excluding carboxylic acids is 2. The van der Waals surface area contributed by atoms with Crippen molar-refractivity contribution in [2.24, 2.45) is 11.8 Å². The fourth-order valence-corrected chi connectivity index (χ4v) is 2.36. The van der Waals surface area contributed by atoms with Crippen LogP contribution in [0, 0.1) is 11.8 Å². The van der Waals surface area contributed by atoms with Gasteiger partial charge in [-0.05, 0) is 19.3 Å². The SMILES string of the molecule is CC(C)C(=O)N[C@H]1CCN(C(=O)C2CCC2)C1. The van der Waals surface area contributed by atoms with Crippen LogP contribution in [0.5, 0.6) is 0 Å². The molecule has 1 aliphatic carbocycles. The highest BCUT2D eigenvalue weighted by atomic mass is 16.2. The van der Waals surface area contributed by atoms with E-state index < -0.39 is 0 Å². The summed E-state index contributed by atoms with van der Waals surface area (Å²) in [4.78, 5) is 25.5. The molecule has 0 bridgehead atoms. The number of likely N-dealkylation sites (tertiary alicyclic amines) is 1. The maximum absolute atomic E-state index is 12.0. The first-order chi connectivity index (χ1) is 8.08.